The van der Waals surface area contributed by atoms with Gasteiger partial charge in [0.15, 0.2) is 0 Å². The Morgan fingerprint density at radius 2 is 1.86 bits per heavy atom. The highest BCUT2D eigenvalue weighted by Crippen LogP contribution is 2.18. The number of aryl methyl sites for hydroxylation is 1. The summed E-state index contributed by atoms with van der Waals surface area (Å²) in [6.07, 6.45) is 1.93. The number of aromatic carboxylic acids is 1. The van der Waals surface area contributed by atoms with E-state index in [1.54, 1.807) is 6.07 Å². The van der Waals surface area contributed by atoms with Crippen LogP contribution in [0.3, 0.4) is 0 Å². The molecule has 4 heteroatoms. The number of carboxylic acid groups (broad SMARTS) is 1. The Morgan fingerprint density at radius 1 is 1.19 bits per heavy atom. The molecule has 0 aliphatic rings. The van der Waals surface area contributed by atoms with Crippen LogP contribution in [0, 0.1) is 5.92 Å². The van der Waals surface area contributed by atoms with Gasteiger partial charge in [0, 0.05) is 17.3 Å². The molecular formula is C17H20ClNO2. The van der Waals surface area contributed by atoms with Crippen molar-refractivity contribution in [3.63, 3.8) is 0 Å². The molecule has 0 aliphatic heterocycles. The molecule has 0 spiro atoms. The van der Waals surface area contributed by atoms with Crippen LogP contribution >= 0.6 is 11.6 Å². The molecule has 0 radical (unpaired) electrons. The summed E-state index contributed by atoms with van der Waals surface area (Å²) in [7, 11) is 0. The monoisotopic (exact) mass is 305 g/mol. The summed E-state index contributed by atoms with van der Waals surface area (Å²) >= 11 is 5.89. The zero-order valence-corrected chi connectivity index (χ0v) is 13.1. The lowest BCUT2D eigenvalue weighted by Crippen LogP contribution is -2.12. The lowest BCUT2D eigenvalue weighted by Gasteiger charge is -2.13. The number of hydrogen-bond donors (Lipinski definition) is 1. The fourth-order valence-corrected chi connectivity index (χ4v) is 2.44. The number of carbonyl (C=O) groups is 1. The number of halogens is 1. The van der Waals surface area contributed by atoms with E-state index in [4.69, 9.17) is 11.6 Å². The van der Waals surface area contributed by atoms with E-state index in [1.807, 2.05) is 34.9 Å². The van der Waals surface area contributed by atoms with Crippen LogP contribution in [0.25, 0.3) is 0 Å². The predicted octanol–water partition coefficient (Wildman–Crippen LogP) is 4.48. The van der Waals surface area contributed by atoms with Crippen molar-refractivity contribution in [2.45, 2.75) is 33.2 Å². The average molecular weight is 306 g/mol. The highest BCUT2D eigenvalue weighted by molar-refractivity contribution is 6.30. The van der Waals surface area contributed by atoms with Crippen LogP contribution in [0.2, 0.25) is 5.02 Å². The van der Waals surface area contributed by atoms with Gasteiger partial charge in [-0.2, -0.15) is 0 Å². The van der Waals surface area contributed by atoms with Gasteiger partial charge in [0.2, 0.25) is 0 Å². The summed E-state index contributed by atoms with van der Waals surface area (Å²) in [5, 5.41) is 10.0. The molecule has 0 amide bonds. The largest absolute Gasteiger partial charge is 0.477 e. The smallest absolute Gasteiger partial charge is 0.352 e. The zero-order valence-electron chi connectivity index (χ0n) is 12.3. The van der Waals surface area contributed by atoms with Gasteiger partial charge in [-0.1, -0.05) is 37.6 Å². The highest BCUT2D eigenvalue weighted by Gasteiger charge is 2.14. The van der Waals surface area contributed by atoms with Crippen LogP contribution in [-0.4, -0.2) is 15.6 Å². The summed E-state index contributed by atoms with van der Waals surface area (Å²) in [5.41, 5.74) is 2.45. The Morgan fingerprint density at radius 3 is 2.43 bits per heavy atom. The van der Waals surface area contributed by atoms with Gasteiger partial charge in [-0.15, -0.1) is 0 Å². The van der Waals surface area contributed by atoms with Crippen LogP contribution in [0.1, 0.15) is 42.0 Å². The van der Waals surface area contributed by atoms with E-state index in [1.165, 1.54) is 0 Å². The Balaban J connectivity index is 2.27. The van der Waals surface area contributed by atoms with E-state index in [-0.39, 0.29) is 0 Å². The SMILES string of the molecule is CC(C)CCc1ccc(C(=O)O)n1Cc1ccc(Cl)cc1. The third-order valence-electron chi connectivity index (χ3n) is 3.52. The minimum Gasteiger partial charge on any atom is -0.477 e. The molecule has 0 saturated heterocycles. The summed E-state index contributed by atoms with van der Waals surface area (Å²) in [6.45, 7) is 4.90. The molecule has 3 nitrogen and oxygen atoms in total. The van der Waals surface area contributed by atoms with Gasteiger partial charge in [0.25, 0.3) is 0 Å². The van der Waals surface area contributed by atoms with Crippen molar-refractivity contribution < 1.29 is 9.90 Å². The van der Waals surface area contributed by atoms with E-state index >= 15 is 0 Å². The van der Waals surface area contributed by atoms with Gasteiger partial charge in [0.1, 0.15) is 5.69 Å². The van der Waals surface area contributed by atoms with Crippen LogP contribution < -0.4 is 0 Å². The van der Waals surface area contributed by atoms with Crippen LogP contribution in [0.4, 0.5) is 0 Å². The summed E-state index contributed by atoms with van der Waals surface area (Å²) in [6, 6.07) is 11.1. The molecular weight excluding hydrogens is 286 g/mol. The zero-order chi connectivity index (χ0) is 15.4. The van der Waals surface area contributed by atoms with Crippen LogP contribution in [0.5, 0.6) is 0 Å². The average Bonchev–Trinajstić information content (AvgIpc) is 2.82. The molecule has 2 rings (SSSR count). The minimum absolute atomic E-state index is 0.337. The molecule has 1 heterocycles. The second-order valence-electron chi connectivity index (χ2n) is 5.66. The molecule has 0 bridgehead atoms. The molecule has 21 heavy (non-hydrogen) atoms. The molecule has 0 fully saturated rings. The first kappa shape index (κ1) is 15.6. The van der Waals surface area contributed by atoms with Crippen molar-refractivity contribution >= 4 is 17.6 Å². The maximum atomic E-state index is 11.4. The number of aromatic nitrogens is 1. The third kappa shape index (κ3) is 4.11. The number of hydrogen-bond acceptors (Lipinski definition) is 1. The van der Waals surface area contributed by atoms with Crippen molar-refractivity contribution in [3.8, 4) is 0 Å². The molecule has 0 unspecified atom stereocenters. The topological polar surface area (TPSA) is 42.2 Å². The Kier molecular flexibility index (Phi) is 5.07. The summed E-state index contributed by atoms with van der Waals surface area (Å²) in [5.74, 6) is -0.295. The van der Waals surface area contributed by atoms with E-state index in [9.17, 15) is 9.90 Å². The Labute approximate surface area is 130 Å². The van der Waals surface area contributed by atoms with E-state index < -0.39 is 5.97 Å². The lowest BCUT2D eigenvalue weighted by atomic mass is 10.1. The van der Waals surface area contributed by atoms with Gasteiger partial charge in [-0.3, -0.25) is 0 Å². The molecule has 112 valence electrons. The van der Waals surface area contributed by atoms with Gasteiger partial charge in [0.05, 0.1) is 0 Å². The van der Waals surface area contributed by atoms with Gasteiger partial charge in [-0.25, -0.2) is 4.79 Å². The Bertz CT molecular complexity index is 614. The number of carboxylic acids is 1. The first-order valence-electron chi connectivity index (χ1n) is 7.13. The molecule has 0 saturated carbocycles. The quantitative estimate of drug-likeness (QED) is 0.855. The van der Waals surface area contributed by atoms with Crippen LogP contribution in [-0.2, 0) is 13.0 Å². The molecule has 1 aromatic heterocycles. The maximum Gasteiger partial charge on any atom is 0.352 e. The second-order valence-corrected chi connectivity index (χ2v) is 6.10. The number of rotatable bonds is 6. The molecule has 0 aliphatic carbocycles. The van der Waals surface area contributed by atoms with Gasteiger partial charge in [-0.05, 0) is 48.6 Å². The lowest BCUT2D eigenvalue weighted by molar-refractivity contribution is 0.0685. The van der Waals surface area contributed by atoms with Crippen molar-refractivity contribution in [1.29, 1.82) is 0 Å². The summed E-state index contributed by atoms with van der Waals surface area (Å²) in [4.78, 5) is 11.4. The van der Waals surface area contributed by atoms with E-state index in [0.29, 0.717) is 23.2 Å². The van der Waals surface area contributed by atoms with Gasteiger partial charge >= 0.3 is 5.97 Å². The van der Waals surface area contributed by atoms with E-state index in [2.05, 4.69) is 13.8 Å². The van der Waals surface area contributed by atoms with Crippen molar-refractivity contribution in [2.24, 2.45) is 5.92 Å². The first-order chi connectivity index (χ1) is 9.97. The Hall–Kier alpha value is -1.74. The number of benzene rings is 1. The van der Waals surface area contributed by atoms with Crippen molar-refractivity contribution in [1.82, 2.24) is 4.57 Å². The molecule has 2 aromatic rings. The predicted molar refractivity (Wildman–Crippen MR) is 85.1 cm³/mol. The standard InChI is InChI=1S/C17H20ClNO2/c1-12(2)3-8-15-9-10-16(17(20)21)19(15)11-13-4-6-14(18)7-5-13/h4-7,9-10,12H,3,8,11H2,1-2H3,(H,20,21). The molecule has 1 aromatic carbocycles. The number of nitrogens with zero attached hydrogens (tertiary/aromatic N) is 1. The fourth-order valence-electron chi connectivity index (χ4n) is 2.31. The maximum absolute atomic E-state index is 11.4. The second kappa shape index (κ2) is 6.81. The fraction of sp³-hybridized carbons (Fsp3) is 0.353. The normalized spacial score (nSPS) is 11.0. The minimum atomic E-state index is -0.889. The van der Waals surface area contributed by atoms with Crippen molar-refractivity contribution in [3.05, 3.63) is 58.4 Å². The highest BCUT2D eigenvalue weighted by atomic mass is 35.5. The molecule has 0 atom stereocenters. The third-order valence-corrected chi connectivity index (χ3v) is 3.77. The van der Waals surface area contributed by atoms with E-state index in [0.717, 1.165) is 24.1 Å². The first-order valence-corrected chi connectivity index (χ1v) is 7.51. The van der Waals surface area contributed by atoms with Crippen LogP contribution in [0.15, 0.2) is 36.4 Å². The molecule has 1 N–H and O–H groups in total. The van der Waals surface area contributed by atoms with Crippen molar-refractivity contribution in [2.75, 3.05) is 0 Å². The van der Waals surface area contributed by atoms with Gasteiger partial charge < -0.3 is 9.67 Å². The summed E-state index contributed by atoms with van der Waals surface area (Å²) < 4.78 is 1.88.